The van der Waals surface area contributed by atoms with Crippen LogP contribution in [-0.4, -0.2) is 35.1 Å². The highest BCUT2D eigenvalue weighted by molar-refractivity contribution is 6.31. The molecule has 0 fully saturated rings. The average Bonchev–Trinajstić information content (AvgIpc) is 2.66. The molecule has 1 aromatic heterocycles. The highest BCUT2D eigenvalue weighted by atomic mass is 35.5. The molecule has 9 nitrogen and oxygen atoms in total. The fourth-order valence-corrected chi connectivity index (χ4v) is 2.29. The van der Waals surface area contributed by atoms with E-state index in [4.69, 9.17) is 26.3 Å². The molecule has 1 aromatic carbocycles. The van der Waals surface area contributed by atoms with Crippen LogP contribution >= 0.6 is 11.6 Å². The minimum Gasteiger partial charge on any atom is -0.465 e. The van der Waals surface area contributed by atoms with E-state index in [1.807, 2.05) is 44.2 Å². The summed E-state index contributed by atoms with van der Waals surface area (Å²) >= 11 is 6.16. The van der Waals surface area contributed by atoms with E-state index in [0.29, 0.717) is 17.3 Å². The van der Waals surface area contributed by atoms with Crippen molar-refractivity contribution in [2.45, 2.75) is 27.0 Å². The van der Waals surface area contributed by atoms with Gasteiger partial charge in [-0.05, 0) is 49.2 Å². The molecule has 0 aliphatic carbocycles. The average molecular weight is 423 g/mol. The number of benzene rings is 1. The van der Waals surface area contributed by atoms with Crippen LogP contribution in [0.1, 0.15) is 29.4 Å². The lowest BCUT2D eigenvalue weighted by molar-refractivity contribution is 0.127. The van der Waals surface area contributed by atoms with E-state index in [0.717, 1.165) is 22.5 Å². The minimum absolute atomic E-state index is 0.265. The fraction of sp³-hybridized carbons (Fsp3) is 0.263. The molecule has 4 N–H and O–H groups in total. The van der Waals surface area contributed by atoms with Crippen molar-refractivity contribution in [1.29, 1.82) is 0 Å². The molecule has 0 bridgehead atoms. The third-order valence-electron chi connectivity index (χ3n) is 3.43. The quantitative estimate of drug-likeness (QED) is 0.481. The van der Waals surface area contributed by atoms with Gasteiger partial charge in [-0.2, -0.15) is 0 Å². The Morgan fingerprint density at radius 2 is 2.00 bits per heavy atom. The van der Waals surface area contributed by atoms with Crippen LogP contribution in [0.15, 0.2) is 41.6 Å². The van der Waals surface area contributed by atoms with Gasteiger partial charge in [0, 0.05) is 17.3 Å². The maximum atomic E-state index is 11.2. The lowest BCUT2D eigenvalue weighted by atomic mass is 10.1. The van der Waals surface area contributed by atoms with E-state index < -0.39 is 12.2 Å². The summed E-state index contributed by atoms with van der Waals surface area (Å²) in [7, 11) is 1.31. The highest BCUT2D eigenvalue weighted by Gasteiger charge is 2.07. The number of nitrogens with one attached hydrogen (secondary N) is 1. The smallest absolute Gasteiger partial charge is 0.407 e. The topological polar surface area (TPSA) is 136 Å². The normalized spacial score (nSPS) is 10.4. The first-order chi connectivity index (χ1) is 13.7. The number of ether oxygens (including phenoxy) is 1. The number of hydrogen-bond donors (Lipinski definition) is 3. The Balaban J connectivity index is 0.000000960. The summed E-state index contributed by atoms with van der Waals surface area (Å²) < 4.78 is 4.55. The Labute approximate surface area is 173 Å². The summed E-state index contributed by atoms with van der Waals surface area (Å²) in [6.07, 6.45) is -1.85. The number of hydrogen-bond acceptors (Lipinski definition) is 6. The number of carbonyl (C=O) groups excluding carboxylic acids is 1. The van der Waals surface area contributed by atoms with Gasteiger partial charge in [0.05, 0.1) is 18.5 Å². The van der Waals surface area contributed by atoms with E-state index in [1.165, 1.54) is 7.11 Å². The lowest BCUT2D eigenvalue weighted by Gasteiger charge is -2.09. The number of aryl methyl sites for hydroxylation is 1. The van der Waals surface area contributed by atoms with Gasteiger partial charge in [0.2, 0.25) is 0 Å². The molecule has 2 rings (SSSR count). The summed E-state index contributed by atoms with van der Waals surface area (Å²) in [5.41, 5.74) is 8.09. The third-order valence-corrected chi connectivity index (χ3v) is 3.80. The summed E-state index contributed by atoms with van der Waals surface area (Å²) in [6.45, 7) is 4.32. The maximum Gasteiger partial charge on any atom is 0.407 e. The van der Waals surface area contributed by atoms with Crippen molar-refractivity contribution < 1.29 is 24.3 Å². The number of nitrogens with two attached hydrogens (primary N) is 1. The number of halogens is 1. The van der Waals surface area contributed by atoms with Crippen LogP contribution in [0.25, 0.3) is 0 Å². The number of carboxylic acid groups (broad SMARTS) is 1. The summed E-state index contributed by atoms with van der Waals surface area (Å²) in [6, 6.07) is 11.2. The van der Waals surface area contributed by atoms with Crippen molar-refractivity contribution in [2.75, 3.05) is 7.11 Å². The summed E-state index contributed by atoms with van der Waals surface area (Å²) in [5, 5.41) is 14.5. The van der Waals surface area contributed by atoms with Gasteiger partial charge in [-0.25, -0.2) is 9.59 Å². The Morgan fingerprint density at radius 1 is 1.31 bits per heavy atom. The van der Waals surface area contributed by atoms with E-state index in [-0.39, 0.29) is 6.54 Å². The number of pyridine rings is 1. The number of methoxy groups -OCH3 is 1. The summed E-state index contributed by atoms with van der Waals surface area (Å²) in [4.78, 5) is 29.7. The van der Waals surface area contributed by atoms with Crippen molar-refractivity contribution in [3.05, 3.63) is 63.9 Å². The first kappa shape index (κ1) is 23.7. The van der Waals surface area contributed by atoms with Crippen molar-refractivity contribution in [3.8, 4) is 0 Å². The molecule has 0 saturated carbocycles. The van der Waals surface area contributed by atoms with Gasteiger partial charge in [0.25, 0.3) is 0 Å². The molecule has 0 radical (unpaired) electrons. The van der Waals surface area contributed by atoms with Crippen LogP contribution in [0.4, 0.5) is 9.59 Å². The predicted molar refractivity (Wildman–Crippen MR) is 109 cm³/mol. The second kappa shape index (κ2) is 12.2. The molecule has 0 saturated heterocycles. The molecule has 2 aromatic rings. The van der Waals surface area contributed by atoms with Crippen molar-refractivity contribution in [2.24, 2.45) is 10.9 Å². The predicted octanol–water partition coefficient (Wildman–Crippen LogP) is 3.46. The van der Waals surface area contributed by atoms with E-state index >= 15 is 0 Å². The van der Waals surface area contributed by atoms with Gasteiger partial charge < -0.3 is 25.7 Å². The standard InChI is InChI=1S/C18H20ClN3O3.CH3NO2/c1-12-5-4-6-16(21-12)11-25-22-13(2)14-7-8-17(19)15(9-14)10-20-18(23)24-3;2-1(3)4/h4-9H,10-11H2,1-3H3,(H,20,23);2H2,(H,3,4)/b22-13+;. The van der Waals surface area contributed by atoms with Gasteiger partial charge in [0.15, 0.2) is 6.61 Å². The Hall–Kier alpha value is -3.33. The SMILES string of the molecule is COC(=O)NCc1cc(/C(C)=N/OCc2cccc(C)n2)ccc1Cl.NC(=O)O. The molecular formula is C19H23ClN4O5. The Kier molecular flexibility index (Phi) is 9.97. The van der Waals surface area contributed by atoms with Crippen LogP contribution in [-0.2, 0) is 22.7 Å². The molecule has 29 heavy (non-hydrogen) atoms. The number of amides is 2. The molecule has 0 aliphatic heterocycles. The zero-order valence-corrected chi connectivity index (χ0v) is 17.1. The zero-order chi connectivity index (χ0) is 21.8. The first-order valence-electron chi connectivity index (χ1n) is 8.41. The number of aromatic nitrogens is 1. The largest absolute Gasteiger partial charge is 0.465 e. The van der Waals surface area contributed by atoms with Gasteiger partial charge in [0.1, 0.15) is 0 Å². The van der Waals surface area contributed by atoms with Crippen molar-refractivity contribution in [3.63, 3.8) is 0 Å². The minimum atomic E-state index is -1.33. The molecule has 2 amide bonds. The molecule has 10 heteroatoms. The highest BCUT2D eigenvalue weighted by Crippen LogP contribution is 2.18. The van der Waals surface area contributed by atoms with Crippen molar-refractivity contribution >= 4 is 29.5 Å². The fourth-order valence-electron chi connectivity index (χ4n) is 2.10. The molecule has 0 atom stereocenters. The number of alkyl carbamates (subject to hydrolysis) is 1. The maximum absolute atomic E-state index is 11.2. The molecular weight excluding hydrogens is 400 g/mol. The monoisotopic (exact) mass is 422 g/mol. The Bertz CT molecular complexity index is 869. The second-order valence-corrected chi connectivity index (χ2v) is 6.12. The zero-order valence-electron chi connectivity index (χ0n) is 16.3. The van der Waals surface area contributed by atoms with Crippen LogP contribution in [0.2, 0.25) is 5.02 Å². The van der Waals surface area contributed by atoms with Gasteiger partial charge >= 0.3 is 12.2 Å². The third kappa shape index (κ3) is 9.43. The van der Waals surface area contributed by atoms with Gasteiger partial charge in [-0.1, -0.05) is 28.9 Å². The van der Waals surface area contributed by atoms with Crippen molar-refractivity contribution in [1.82, 2.24) is 10.3 Å². The number of nitrogens with zero attached hydrogens (tertiary/aromatic N) is 2. The molecule has 0 aliphatic rings. The van der Waals surface area contributed by atoms with E-state index in [2.05, 4.69) is 25.9 Å². The summed E-state index contributed by atoms with van der Waals surface area (Å²) in [5.74, 6) is 0. The number of oxime groups is 1. The number of rotatable bonds is 6. The molecule has 0 unspecified atom stereocenters. The van der Waals surface area contributed by atoms with Gasteiger partial charge in [-0.15, -0.1) is 0 Å². The molecule has 156 valence electrons. The Morgan fingerprint density at radius 3 is 2.62 bits per heavy atom. The van der Waals surface area contributed by atoms with E-state index in [9.17, 15) is 4.79 Å². The lowest BCUT2D eigenvalue weighted by Crippen LogP contribution is -2.22. The van der Waals surface area contributed by atoms with E-state index in [1.54, 1.807) is 6.07 Å². The van der Waals surface area contributed by atoms with Crippen LogP contribution in [0.3, 0.4) is 0 Å². The first-order valence-corrected chi connectivity index (χ1v) is 8.78. The van der Waals surface area contributed by atoms with Crippen LogP contribution in [0, 0.1) is 6.92 Å². The number of primary amides is 1. The second-order valence-electron chi connectivity index (χ2n) is 5.71. The van der Waals surface area contributed by atoms with Crippen LogP contribution < -0.4 is 11.1 Å². The van der Waals surface area contributed by atoms with Crippen LogP contribution in [0.5, 0.6) is 0 Å². The number of carbonyl (C=O) groups is 2. The molecule has 0 spiro atoms. The molecule has 1 heterocycles. The van der Waals surface area contributed by atoms with Gasteiger partial charge in [-0.3, -0.25) is 4.98 Å².